The molecule has 0 atom stereocenters. The summed E-state index contributed by atoms with van der Waals surface area (Å²) in [6, 6.07) is 18.7. The lowest BCUT2D eigenvalue weighted by Gasteiger charge is -2.21. The average molecular weight is 474 g/mol. The molecule has 0 aromatic heterocycles. The second-order valence-corrected chi connectivity index (χ2v) is 9.44. The van der Waals surface area contributed by atoms with Crippen LogP contribution in [0.4, 0.5) is 4.39 Å². The van der Waals surface area contributed by atoms with Gasteiger partial charge in [0.25, 0.3) is 5.91 Å². The molecule has 0 unspecified atom stereocenters. The van der Waals surface area contributed by atoms with E-state index in [0.717, 1.165) is 15.4 Å². The van der Waals surface area contributed by atoms with Gasteiger partial charge in [0.1, 0.15) is 5.82 Å². The summed E-state index contributed by atoms with van der Waals surface area (Å²) in [7, 11) is -3.99. The first kappa shape index (κ1) is 23.6. The second-order valence-electron chi connectivity index (χ2n) is 7.06. The van der Waals surface area contributed by atoms with Crippen molar-refractivity contribution in [1.29, 1.82) is 0 Å². The van der Waals surface area contributed by atoms with Crippen LogP contribution in [-0.2, 0) is 21.4 Å². The van der Waals surface area contributed by atoms with Gasteiger partial charge >= 0.3 is 0 Å². The van der Waals surface area contributed by atoms with E-state index in [0.29, 0.717) is 10.6 Å². The largest absolute Gasteiger partial charge is 0.272 e. The molecule has 1 N–H and O–H groups in total. The smallest absolute Gasteiger partial charge is 0.255 e. The van der Waals surface area contributed by atoms with Crippen LogP contribution < -0.4 is 5.43 Å². The summed E-state index contributed by atoms with van der Waals surface area (Å²) in [5, 5.41) is 4.19. The number of benzene rings is 3. The number of carbonyl (C=O) groups excluding carboxylic acids is 1. The quantitative estimate of drug-likeness (QED) is 0.394. The molecule has 0 bridgehead atoms. The van der Waals surface area contributed by atoms with Gasteiger partial charge < -0.3 is 0 Å². The minimum absolute atomic E-state index is 0.00767. The summed E-state index contributed by atoms with van der Waals surface area (Å²) in [4.78, 5) is 12.5. The fourth-order valence-corrected chi connectivity index (χ4v) is 4.35. The molecule has 166 valence electrons. The van der Waals surface area contributed by atoms with Crippen molar-refractivity contribution < 1.29 is 17.6 Å². The molecule has 6 nitrogen and oxygen atoms in total. The first-order valence-electron chi connectivity index (χ1n) is 9.63. The Morgan fingerprint density at radius 2 is 1.78 bits per heavy atom. The van der Waals surface area contributed by atoms with E-state index >= 15 is 0 Å². The number of amides is 1. The molecule has 0 aliphatic rings. The molecule has 0 aliphatic carbocycles. The third-order valence-corrected chi connectivity index (χ3v) is 6.56. The van der Waals surface area contributed by atoms with Crippen LogP contribution in [-0.4, -0.2) is 31.4 Å². The Labute approximate surface area is 191 Å². The number of sulfonamides is 1. The fraction of sp³-hybridized carbons (Fsp3) is 0.130. The molecule has 3 aromatic rings. The number of aryl methyl sites for hydroxylation is 1. The third-order valence-electron chi connectivity index (χ3n) is 4.50. The zero-order valence-corrected chi connectivity index (χ0v) is 18.8. The number of nitrogens with one attached hydrogen (secondary N) is 1. The van der Waals surface area contributed by atoms with Gasteiger partial charge in [-0.2, -0.15) is 9.41 Å². The van der Waals surface area contributed by atoms with E-state index in [9.17, 15) is 17.6 Å². The fourth-order valence-electron chi connectivity index (χ4n) is 2.84. The molecule has 0 spiro atoms. The number of hydrogen-bond donors (Lipinski definition) is 1. The average Bonchev–Trinajstić information content (AvgIpc) is 2.75. The van der Waals surface area contributed by atoms with Crippen LogP contribution in [0.3, 0.4) is 0 Å². The molecular formula is C23H21ClFN3O3S. The Bertz CT molecular complexity index is 1210. The highest BCUT2D eigenvalue weighted by atomic mass is 35.5. The molecule has 0 radical (unpaired) electrons. The molecule has 0 aliphatic heterocycles. The zero-order chi connectivity index (χ0) is 23.1. The van der Waals surface area contributed by atoms with Crippen molar-refractivity contribution in [1.82, 2.24) is 9.73 Å². The van der Waals surface area contributed by atoms with E-state index in [1.54, 1.807) is 18.2 Å². The monoisotopic (exact) mass is 473 g/mol. The normalized spacial score (nSPS) is 11.8. The Kier molecular flexibility index (Phi) is 7.74. The standard InChI is InChI=1S/C23H21ClFN3O3S/c1-17-5-7-18(8-6-17)15-28(32(30,31)22-11-9-20(24)10-12-22)16-23(29)27-26-14-19-3-2-4-21(25)13-19/h2-14H,15-16H2,1H3,(H,27,29)/b26-14-. The molecule has 3 aromatic carbocycles. The molecule has 32 heavy (non-hydrogen) atoms. The van der Waals surface area contributed by atoms with Crippen LogP contribution in [0.2, 0.25) is 5.02 Å². The third kappa shape index (κ3) is 6.46. The van der Waals surface area contributed by atoms with Crippen molar-refractivity contribution in [3.63, 3.8) is 0 Å². The van der Waals surface area contributed by atoms with Crippen LogP contribution in [0.15, 0.2) is 82.8 Å². The SMILES string of the molecule is Cc1ccc(CN(CC(=O)N/N=C\c2cccc(F)c2)S(=O)(=O)c2ccc(Cl)cc2)cc1. The van der Waals surface area contributed by atoms with Crippen molar-refractivity contribution in [2.75, 3.05) is 6.54 Å². The van der Waals surface area contributed by atoms with Gasteiger partial charge in [-0.3, -0.25) is 4.79 Å². The topological polar surface area (TPSA) is 78.8 Å². The lowest BCUT2D eigenvalue weighted by Crippen LogP contribution is -2.39. The zero-order valence-electron chi connectivity index (χ0n) is 17.2. The summed E-state index contributed by atoms with van der Waals surface area (Å²) in [5.41, 5.74) is 4.50. The first-order chi connectivity index (χ1) is 15.2. The van der Waals surface area contributed by atoms with Crippen LogP contribution in [0, 0.1) is 12.7 Å². The number of halogens is 2. The maximum Gasteiger partial charge on any atom is 0.255 e. The summed E-state index contributed by atoms with van der Waals surface area (Å²) in [6.45, 7) is 1.46. The Hall–Kier alpha value is -3.07. The number of carbonyl (C=O) groups is 1. The van der Waals surface area contributed by atoms with Gasteiger partial charge in [-0.15, -0.1) is 0 Å². The maximum absolute atomic E-state index is 13.2. The lowest BCUT2D eigenvalue weighted by molar-refractivity contribution is -0.121. The van der Waals surface area contributed by atoms with E-state index in [-0.39, 0.29) is 11.4 Å². The Morgan fingerprint density at radius 1 is 1.09 bits per heavy atom. The van der Waals surface area contributed by atoms with Crippen molar-refractivity contribution in [3.8, 4) is 0 Å². The molecule has 0 heterocycles. The minimum Gasteiger partial charge on any atom is -0.272 e. The molecule has 0 saturated heterocycles. The van der Waals surface area contributed by atoms with E-state index in [2.05, 4.69) is 10.5 Å². The number of nitrogens with zero attached hydrogens (tertiary/aromatic N) is 2. The molecule has 1 amide bonds. The lowest BCUT2D eigenvalue weighted by atomic mass is 10.1. The predicted octanol–water partition coefficient (Wildman–Crippen LogP) is 4.13. The van der Waals surface area contributed by atoms with Crippen molar-refractivity contribution in [3.05, 3.63) is 100 Å². The first-order valence-corrected chi connectivity index (χ1v) is 11.4. The van der Waals surface area contributed by atoms with E-state index in [4.69, 9.17) is 11.6 Å². The van der Waals surface area contributed by atoms with Gasteiger partial charge in [0.05, 0.1) is 17.7 Å². The van der Waals surface area contributed by atoms with Crippen LogP contribution in [0.5, 0.6) is 0 Å². The Morgan fingerprint density at radius 3 is 2.44 bits per heavy atom. The van der Waals surface area contributed by atoms with E-state index in [1.165, 1.54) is 48.7 Å². The van der Waals surface area contributed by atoms with E-state index < -0.39 is 28.3 Å². The minimum atomic E-state index is -3.99. The summed E-state index contributed by atoms with van der Waals surface area (Å²) in [5.74, 6) is -1.07. The van der Waals surface area contributed by atoms with Gasteiger partial charge in [0.2, 0.25) is 10.0 Å². The summed E-state index contributed by atoms with van der Waals surface area (Å²) >= 11 is 5.88. The molecule has 0 fully saturated rings. The van der Waals surface area contributed by atoms with Gasteiger partial charge in [0, 0.05) is 11.6 Å². The van der Waals surface area contributed by atoms with E-state index in [1.807, 2.05) is 19.1 Å². The highest BCUT2D eigenvalue weighted by Crippen LogP contribution is 2.20. The number of hydrazone groups is 1. The van der Waals surface area contributed by atoms with Crippen molar-refractivity contribution >= 4 is 33.7 Å². The molecular weight excluding hydrogens is 453 g/mol. The second kappa shape index (κ2) is 10.5. The summed E-state index contributed by atoms with van der Waals surface area (Å²) in [6.07, 6.45) is 1.28. The maximum atomic E-state index is 13.2. The summed E-state index contributed by atoms with van der Waals surface area (Å²) < 4.78 is 40.7. The molecule has 3 rings (SSSR count). The highest BCUT2D eigenvalue weighted by molar-refractivity contribution is 7.89. The van der Waals surface area contributed by atoms with Crippen LogP contribution in [0.1, 0.15) is 16.7 Å². The number of hydrogen-bond acceptors (Lipinski definition) is 4. The van der Waals surface area contributed by atoms with Crippen molar-refractivity contribution in [2.45, 2.75) is 18.4 Å². The van der Waals surface area contributed by atoms with Gasteiger partial charge in [0.15, 0.2) is 0 Å². The number of rotatable bonds is 8. The van der Waals surface area contributed by atoms with Gasteiger partial charge in [-0.1, -0.05) is 53.6 Å². The van der Waals surface area contributed by atoms with Gasteiger partial charge in [-0.25, -0.2) is 18.2 Å². The van der Waals surface area contributed by atoms with Crippen LogP contribution >= 0.6 is 11.6 Å². The highest BCUT2D eigenvalue weighted by Gasteiger charge is 2.27. The van der Waals surface area contributed by atoms with Crippen molar-refractivity contribution in [2.24, 2.45) is 5.10 Å². The molecule has 0 saturated carbocycles. The van der Waals surface area contributed by atoms with Gasteiger partial charge in [-0.05, 0) is 54.4 Å². The Balaban J connectivity index is 1.79. The van der Waals surface area contributed by atoms with Crippen LogP contribution in [0.25, 0.3) is 0 Å². The predicted molar refractivity (Wildman–Crippen MR) is 122 cm³/mol. The molecule has 9 heteroatoms.